The number of hydrogen-bond acceptors (Lipinski definition) is 5. The molecule has 8 nitrogen and oxygen atoms in total. The number of aromatic amines is 1. The minimum atomic E-state index is -0.548. The van der Waals surface area contributed by atoms with Crippen LogP contribution in [0.2, 0.25) is 0 Å². The van der Waals surface area contributed by atoms with Crippen molar-refractivity contribution >= 4 is 5.91 Å². The molecule has 0 aliphatic heterocycles. The molecule has 0 fully saturated rings. The number of hydrogen-bond donors (Lipinski definition) is 3. The minimum Gasteiger partial charge on any atom is -0.394 e. The molecule has 18 heavy (non-hydrogen) atoms. The van der Waals surface area contributed by atoms with Gasteiger partial charge in [0.25, 0.3) is 11.1 Å². The predicted octanol–water partition coefficient (Wildman–Crippen LogP) is -2.34. The summed E-state index contributed by atoms with van der Waals surface area (Å²) < 4.78 is 5.68. The van der Waals surface area contributed by atoms with Crippen molar-refractivity contribution in [3.63, 3.8) is 0 Å². The van der Waals surface area contributed by atoms with E-state index in [1.807, 2.05) is 0 Å². The second-order valence-electron chi connectivity index (χ2n) is 3.64. The van der Waals surface area contributed by atoms with E-state index in [-0.39, 0.29) is 19.8 Å². The molecule has 1 aromatic heterocycles. The van der Waals surface area contributed by atoms with Crippen molar-refractivity contribution in [2.24, 2.45) is 0 Å². The van der Waals surface area contributed by atoms with Crippen LogP contribution in [0.1, 0.15) is 0 Å². The number of H-pyrrole nitrogens is 1. The summed E-state index contributed by atoms with van der Waals surface area (Å²) in [5.41, 5.74) is -0.963. The zero-order valence-electron chi connectivity index (χ0n) is 9.88. The first-order valence-corrected chi connectivity index (χ1v) is 5.26. The quantitative estimate of drug-likeness (QED) is 0.528. The van der Waals surface area contributed by atoms with Crippen molar-refractivity contribution in [2.45, 2.75) is 12.6 Å². The molecule has 0 bridgehead atoms. The summed E-state index contributed by atoms with van der Waals surface area (Å²) in [6, 6.07) is 1.61. The van der Waals surface area contributed by atoms with E-state index in [0.29, 0.717) is 0 Å². The molecule has 1 aromatic rings. The van der Waals surface area contributed by atoms with Crippen LogP contribution in [0.5, 0.6) is 0 Å². The van der Waals surface area contributed by atoms with Gasteiger partial charge in [-0.25, -0.2) is 4.68 Å². The lowest BCUT2D eigenvalue weighted by Crippen LogP contribution is -2.44. The Kier molecular flexibility index (Phi) is 5.28. The molecule has 0 aliphatic carbocycles. The molecule has 0 saturated carbocycles. The first kappa shape index (κ1) is 14.1. The number of aliphatic hydroxyl groups is 1. The van der Waals surface area contributed by atoms with Crippen LogP contribution in [0.3, 0.4) is 0 Å². The van der Waals surface area contributed by atoms with E-state index in [1.54, 1.807) is 0 Å². The predicted molar refractivity (Wildman–Crippen MR) is 62.2 cm³/mol. The van der Waals surface area contributed by atoms with Gasteiger partial charge in [-0.1, -0.05) is 0 Å². The van der Waals surface area contributed by atoms with Gasteiger partial charge in [0, 0.05) is 19.2 Å². The number of nitrogens with zero attached hydrogens (tertiary/aromatic N) is 1. The lowest BCUT2D eigenvalue weighted by molar-refractivity contribution is -0.123. The zero-order valence-corrected chi connectivity index (χ0v) is 9.88. The normalized spacial score (nSPS) is 12.1. The van der Waals surface area contributed by atoms with Crippen molar-refractivity contribution in [1.82, 2.24) is 15.1 Å². The Morgan fingerprint density at radius 3 is 2.89 bits per heavy atom. The molecule has 0 spiro atoms. The Bertz CT molecular complexity index is 507. The number of nitrogens with one attached hydrogen (secondary N) is 2. The lowest BCUT2D eigenvalue weighted by Gasteiger charge is -2.15. The number of amides is 1. The fourth-order valence-electron chi connectivity index (χ4n) is 1.34. The van der Waals surface area contributed by atoms with Gasteiger partial charge >= 0.3 is 0 Å². The van der Waals surface area contributed by atoms with Crippen molar-refractivity contribution in [2.75, 3.05) is 20.3 Å². The van der Waals surface area contributed by atoms with Gasteiger partial charge in [-0.15, -0.1) is 0 Å². The highest BCUT2D eigenvalue weighted by Crippen LogP contribution is 1.84. The Labute approximate surface area is 102 Å². The molecule has 0 radical (unpaired) electrons. The van der Waals surface area contributed by atoms with Gasteiger partial charge in [0.05, 0.1) is 19.3 Å². The maximum atomic E-state index is 11.6. The maximum Gasteiger partial charge on any atom is 0.265 e. The maximum absolute atomic E-state index is 11.6. The van der Waals surface area contributed by atoms with Crippen molar-refractivity contribution < 1.29 is 14.6 Å². The van der Waals surface area contributed by atoms with Gasteiger partial charge < -0.3 is 15.2 Å². The smallest absolute Gasteiger partial charge is 0.265 e. The fourth-order valence-corrected chi connectivity index (χ4v) is 1.34. The van der Waals surface area contributed by atoms with Crippen molar-refractivity contribution in [3.8, 4) is 0 Å². The molecule has 1 rings (SSSR count). The molecule has 1 amide bonds. The molecule has 1 unspecified atom stereocenters. The van der Waals surface area contributed by atoms with Crippen LogP contribution in [-0.4, -0.2) is 47.2 Å². The number of methoxy groups -OCH3 is 1. The van der Waals surface area contributed by atoms with Crippen molar-refractivity contribution in [1.29, 1.82) is 0 Å². The molecular formula is C10H15N3O5. The average Bonchev–Trinajstić information content (AvgIpc) is 2.33. The van der Waals surface area contributed by atoms with Gasteiger partial charge in [-0.2, -0.15) is 0 Å². The lowest BCUT2D eigenvalue weighted by atomic mass is 10.3. The zero-order chi connectivity index (χ0) is 13.5. The molecule has 1 atom stereocenters. The summed E-state index contributed by atoms with van der Waals surface area (Å²) in [6.07, 6.45) is 0. The number of carbonyl (C=O) groups is 1. The molecule has 100 valence electrons. The van der Waals surface area contributed by atoms with E-state index in [1.165, 1.54) is 7.11 Å². The SMILES string of the molecule is COCC(CO)NC(=O)Cn1[nH]c(=O)ccc1=O. The second kappa shape index (κ2) is 6.72. The highest BCUT2D eigenvalue weighted by molar-refractivity contribution is 5.75. The molecular weight excluding hydrogens is 242 g/mol. The van der Waals surface area contributed by atoms with E-state index < -0.39 is 23.1 Å². The van der Waals surface area contributed by atoms with Gasteiger partial charge in [0.2, 0.25) is 5.91 Å². The average molecular weight is 257 g/mol. The van der Waals surface area contributed by atoms with Crippen LogP contribution in [0.4, 0.5) is 0 Å². The largest absolute Gasteiger partial charge is 0.394 e. The van der Waals surface area contributed by atoms with Crippen LogP contribution >= 0.6 is 0 Å². The summed E-state index contributed by atoms with van der Waals surface area (Å²) in [5, 5.41) is 13.6. The molecule has 8 heteroatoms. The van der Waals surface area contributed by atoms with E-state index in [9.17, 15) is 14.4 Å². The van der Waals surface area contributed by atoms with Gasteiger partial charge in [-0.3, -0.25) is 19.5 Å². The molecule has 1 heterocycles. The Morgan fingerprint density at radius 2 is 2.28 bits per heavy atom. The first-order chi connectivity index (χ1) is 8.56. The van der Waals surface area contributed by atoms with Crippen LogP contribution in [0, 0.1) is 0 Å². The monoisotopic (exact) mass is 257 g/mol. The third-order valence-corrected chi connectivity index (χ3v) is 2.14. The van der Waals surface area contributed by atoms with E-state index in [2.05, 4.69) is 10.4 Å². The number of aromatic nitrogens is 2. The van der Waals surface area contributed by atoms with Crippen LogP contribution in [-0.2, 0) is 16.1 Å². The third kappa shape index (κ3) is 4.15. The summed E-state index contributed by atoms with van der Waals surface area (Å²) >= 11 is 0. The van der Waals surface area contributed by atoms with Gasteiger partial charge in [0.1, 0.15) is 6.54 Å². The van der Waals surface area contributed by atoms with E-state index >= 15 is 0 Å². The number of aliphatic hydroxyl groups excluding tert-OH is 1. The summed E-state index contributed by atoms with van der Waals surface area (Å²) in [6.45, 7) is -0.447. The summed E-state index contributed by atoms with van der Waals surface area (Å²) in [5.74, 6) is -0.505. The van der Waals surface area contributed by atoms with Crippen LogP contribution in [0.25, 0.3) is 0 Å². The summed E-state index contributed by atoms with van der Waals surface area (Å²) in [4.78, 5) is 33.9. The highest BCUT2D eigenvalue weighted by Gasteiger charge is 2.12. The molecule has 3 N–H and O–H groups in total. The molecule has 0 saturated heterocycles. The Hall–Kier alpha value is -1.93. The summed E-state index contributed by atoms with van der Waals surface area (Å²) in [7, 11) is 1.44. The molecule has 0 aromatic carbocycles. The number of carbonyl (C=O) groups excluding carboxylic acids is 1. The van der Waals surface area contributed by atoms with Gasteiger partial charge in [0.15, 0.2) is 0 Å². The van der Waals surface area contributed by atoms with Gasteiger partial charge in [-0.05, 0) is 0 Å². The topological polar surface area (TPSA) is 113 Å². The third-order valence-electron chi connectivity index (χ3n) is 2.14. The standard InChI is InChI=1S/C10H15N3O5/c1-18-6-7(5-14)11-9(16)4-13-10(17)3-2-8(15)12-13/h2-3,7,14H,4-6H2,1H3,(H,11,16)(H,12,15). The number of rotatable bonds is 6. The fraction of sp³-hybridized carbons (Fsp3) is 0.500. The highest BCUT2D eigenvalue weighted by atomic mass is 16.5. The first-order valence-electron chi connectivity index (χ1n) is 5.26. The Balaban J connectivity index is 2.67. The van der Waals surface area contributed by atoms with E-state index in [4.69, 9.17) is 9.84 Å². The van der Waals surface area contributed by atoms with Crippen LogP contribution in [0.15, 0.2) is 21.7 Å². The Morgan fingerprint density at radius 1 is 1.56 bits per heavy atom. The molecule has 0 aliphatic rings. The second-order valence-corrected chi connectivity index (χ2v) is 3.64. The van der Waals surface area contributed by atoms with E-state index in [0.717, 1.165) is 16.8 Å². The minimum absolute atomic E-state index is 0.155. The number of ether oxygens (including phenoxy) is 1. The van der Waals surface area contributed by atoms with Crippen LogP contribution < -0.4 is 16.4 Å². The van der Waals surface area contributed by atoms with Crippen molar-refractivity contribution in [3.05, 3.63) is 32.8 Å².